The fourth-order valence-electron chi connectivity index (χ4n) is 3.97. The van der Waals surface area contributed by atoms with Crippen LogP contribution in [0.2, 0.25) is 0 Å². The van der Waals surface area contributed by atoms with Crippen LogP contribution < -0.4 is 4.74 Å². The summed E-state index contributed by atoms with van der Waals surface area (Å²) in [5.74, 6) is 1.09. The number of Topliss-reactive ketones (excluding diaryl/α,β-unsaturated/α-hetero) is 1. The van der Waals surface area contributed by atoms with E-state index in [0.29, 0.717) is 49.4 Å². The van der Waals surface area contributed by atoms with E-state index in [4.69, 9.17) is 9.15 Å². The van der Waals surface area contributed by atoms with Crippen LogP contribution in [0.3, 0.4) is 0 Å². The lowest BCUT2D eigenvalue weighted by Gasteiger charge is -2.44. The Hall–Kier alpha value is -2.56. The van der Waals surface area contributed by atoms with Gasteiger partial charge >= 0.3 is 0 Å². The number of rotatable bonds is 1. The van der Waals surface area contributed by atoms with Crippen LogP contribution >= 0.6 is 0 Å². The molecule has 0 bridgehead atoms. The van der Waals surface area contributed by atoms with Crippen LogP contribution in [0, 0.1) is 13.8 Å². The molecule has 0 aliphatic carbocycles. The third-order valence-corrected chi connectivity index (χ3v) is 5.23. The monoisotopic (exact) mass is 339 g/mol. The average molecular weight is 339 g/mol. The van der Waals surface area contributed by atoms with Crippen LogP contribution in [0.4, 0.5) is 0 Å². The molecule has 1 fully saturated rings. The van der Waals surface area contributed by atoms with Crippen LogP contribution in [-0.4, -0.2) is 35.3 Å². The van der Waals surface area contributed by atoms with Crippen LogP contribution in [0.5, 0.6) is 5.75 Å². The number of hydrogen-bond donors (Lipinski definition) is 0. The van der Waals surface area contributed by atoms with Crippen molar-refractivity contribution in [1.82, 2.24) is 4.90 Å². The quantitative estimate of drug-likeness (QED) is 0.797. The van der Waals surface area contributed by atoms with Crippen molar-refractivity contribution in [3.63, 3.8) is 0 Å². The van der Waals surface area contributed by atoms with Gasteiger partial charge in [-0.3, -0.25) is 9.59 Å². The summed E-state index contributed by atoms with van der Waals surface area (Å²) in [4.78, 5) is 26.9. The van der Waals surface area contributed by atoms with Gasteiger partial charge in [0.1, 0.15) is 11.4 Å². The van der Waals surface area contributed by atoms with Gasteiger partial charge in [-0.15, -0.1) is 0 Å². The van der Waals surface area contributed by atoms with E-state index in [2.05, 4.69) is 0 Å². The highest BCUT2D eigenvalue weighted by molar-refractivity contribution is 6.01. The molecule has 4 rings (SSSR count). The zero-order valence-corrected chi connectivity index (χ0v) is 14.5. The molecule has 0 saturated carbocycles. The minimum atomic E-state index is -0.496. The van der Waals surface area contributed by atoms with Crippen molar-refractivity contribution in [1.29, 1.82) is 0 Å². The molecule has 5 heteroatoms. The zero-order valence-electron chi connectivity index (χ0n) is 14.5. The number of amides is 1. The highest BCUT2D eigenvalue weighted by Gasteiger charge is 2.44. The number of likely N-dealkylation sites (tertiary alicyclic amines) is 1. The maximum atomic E-state index is 12.7. The van der Waals surface area contributed by atoms with E-state index < -0.39 is 5.60 Å². The number of aryl methyl sites for hydroxylation is 2. The van der Waals surface area contributed by atoms with E-state index in [-0.39, 0.29) is 11.7 Å². The Bertz CT molecular complexity index is 830. The van der Waals surface area contributed by atoms with Crippen molar-refractivity contribution in [2.45, 2.75) is 38.7 Å². The molecular formula is C20H21NO4. The number of hydrogen-bond acceptors (Lipinski definition) is 4. The molecule has 2 aliphatic heterocycles. The number of furan rings is 1. The second kappa shape index (κ2) is 5.76. The number of benzene rings is 1. The average Bonchev–Trinajstić information content (AvgIpc) is 3.08. The van der Waals surface area contributed by atoms with Crippen LogP contribution in [0.15, 0.2) is 34.9 Å². The van der Waals surface area contributed by atoms with E-state index in [1.54, 1.807) is 17.0 Å². The lowest BCUT2D eigenvalue weighted by atomic mass is 9.81. The Morgan fingerprint density at radius 2 is 1.96 bits per heavy atom. The maximum absolute atomic E-state index is 12.7. The van der Waals surface area contributed by atoms with Gasteiger partial charge in [0.25, 0.3) is 5.91 Å². The molecular weight excluding hydrogens is 318 g/mol. The van der Waals surface area contributed by atoms with Crippen LogP contribution in [0.25, 0.3) is 0 Å². The van der Waals surface area contributed by atoms with Crippen molar-refractivity contribution in [3.8, 4) is 5.75 Å². The summed E-state index contributed by atoms with van der Waals surface area (Å²) in [6.07, 6.45) is 3.19. The van der Waals surface area contributed by atoms with Gasteiger partial charge < -0.3 is 14.1 Å². The molecule has 3 heterocycles. The number of carbonyl (C=O) groups excluding carboxylic acids is 2. The number of ketones is 1. The second-order valence-electron chi connectivity index (χ2n) is 7.11. The number of nitrogens with zero attached hydrogens (tertiary/aromatic N) is 1. The highest BCUT2D eigenvalue weighted by atomic mass is 16.5. The first-order valence-electron chi connectivity index (χ1n) is 8.64. The topological polar surface area (TPSA) is 59.8 Å². The van der Waals surface area contributed by atoms with Gasteiger partial charge in [0.15, 0.2) is 11.5 Å². The Morgan fingerprint density at radius 1 is 1.20 bits per heavy atom. The summed E-state index contributed by atoms with van der Waals surface area (Å²) in [6, 6.07) is 7.35. The summed E-state index contributed by atoms with van der Waals surface area (Å²) < 4.78 is 11.5. The predicted molar refractivity (Wildman–Crippen MR) is 92.1 cm³/mol. The molecule has 0 N–H and O–H groups in total. The van der Waals surface area contributed by atoms with Crippen molar-refractivity contribution >= 4 is 11.7 Å². The molecule has 1 aromatic heterocycles. The van der Waals surface area contributed by atoms with E-state index in [0.717, 1.165) is 11.1 Å². The molecule has 25 heavy (non-hydrogen) atoms. The molecule has 2 aromatic rings. The van der Waals surface area contributed by atoms with Gasteiger partial charge in [-0.25, -0.2) is 0 Å². The minimum absolute atomic E-state index is 0.103. The van der Waals surface area contributed by atoms with Crippen molar-refractivity contribution in [2.24, 2.45) is 0 Å². The largest absolute Gasteiger partial charge is 0.486 e. The smallest absolute Gasteiger partial charge is 0.289 e. The standard InChI is InChI=1S/C20H21NO4/c1-13-10-14(2)18-15(22)12-20(25-17(18)11-13)5-7-21(8-6-20)19(23)16-4-3-9-24-16/h3-4,9-11H,5-8,12H2,1-2H3. The van der Waals surface area contributed by atoms with Crippen LogP contribution in [-0.2, 0) is 0 Å². The van der Waals surface area contributed by atoms with Gasteiger partial charge in [-0.1, -0.05) is 6.07 Å². The molecule has 1 saturated heterocycles. The number of ether oxygens (including phenoxy) is 1. The number of fused-ring (bicyclic) bond motifs is 1. The van der Waals surface area contributed by atoms with Crippen molar-refractivity contribution in [3.05, 3.63) is 53.0 Å². The summed E-state index contributed by atoms with van der Waals surface area (Å²) in [6.45, 7) is 5.09. The first-order valence-corrected chi connectivity index (χ1v) is 8.64. The second-order valence-corrected chi connectivity index (χ2v) is 7.11. The lowest BCUT2D eigenvalue weighted by molar-refractivity contribution is -0.00651. The van der Waals surface area contributed by atoms with Crippen molar-refractivity contribution in [2.75, 3.05) is 13.1 Å². The van der Waals surface area contributed by atoms with E-state index >= 15 is 0 Å². The highest BCUT2D eigenvalue weighted by Crippen LogP contribution is 2.41. The molecule has 2 aliphatic rings. The molecule has 0 unspecified atom stereocenters. The summed E-state index contributed by atoms with van der Waals surface area (Å²) >= 11 is 0. The Labute approximate surface area is 146 Å². The zero-order chi connectivity index (χ0) is 17.6. The fourth-order valence-corrected chi connectivity index (χ4v) is 3.97. The maximum Gasteiger partial charge on any atom is 0.289 e. The molecule has 130 valence electrons. The third kappa shape index (κ3) is 2.73. The normalized spacial score (nSPS) is 18.8. The molecule has 1 amide bonds. The van der Waals surface area contributed by atoms with Gasteiger partial charge in [0.2, 0.25) is 0 Å². The Kier molecular flexibility index (Phi) is 3.67. The number of carbonyl (C=O) groups is 2. The van der Waals surface area contributed by atoms with E-state index in [1.807, 2.05) is 26.0 Å². The van der Waals surface area contributed by atoms with E-state index in [1.165, 1.54) is 6.26 Å². The van der Waals surface area contributed by atoms with Gasteiger partial charge in [-0.2, -0.15) is 0 Å². The van der Waals surface area contributed by atoms with Crippen LogP contribution in [0.1, 0.15) is 51.3 Å². The molecule has 0 atom stereocenters. The Balaban J connectivity index is 1.53. The molecule has 5 nitrogen and oxygen atoms in total. The minimum Gasteiger partial charge on any atom is -0.486 e. The van der Waals surface area contributed by atoms with Gasteiger partial charge in [-0.05, 0) is 43.2 Å². The summed E-state index contributed by atoms with van der Waals surface area (Å²) in [5, 5.41) is 0. The number of piperidine rings is 1. The Morgan fingerprint density at radius 3 is 2.64 bits per heavy atom. The van der Waals surface area contributed by atoms with E-state index in [9.17, 15) is 9.59 Å². The lowest BCUT2D eigenvalue weighted by Crippen LogP contribution is -2.52. The predicted octanol–water partition coefficient (Wildman–Crippen LogP) is 3.54. The summed E-state index contributed by atoms with van der Waals surface area (Å²) in [7, 11) is 0. The van der Waals surface area contributed by atoms with Gasteiger partial charge in [0.05, 0.1) is 18.2 Å². The first-order chi connectivity index (χ1) is 12.0. The molecule has 1 aromatic carbocycles. The first kappa shape index (κ1) is 15.9. The van der Waals surface area contributed by atoms with Crippen molar-refractivity contribution < 1.29 is 18.7 Å². The molecule has 1 spiro atoms. The fraction of sp³-hybridized carbons (Fsp3) is 0.400. The molecule has 0 radical (unpaired) electrons. The third-order valence-electron chi connectivity index (χ3n) is 5.23. The summed E-state index contributed by atoms with van der Waals surface area (Å²) in [5.41, 5.74) is 2.28. The SMILES string of the molecule is Cc1cc(C)c2c(c1)OC1(CCN(C(=O)c3ccco3)CC1)CC2=O. The van der Waals surface area contributed by atoms with Gasteiger partial charge in [0, 0.05) is 25.9 Å².